The van der Waals surface area contributed by atoms with E-state index in [2.05, 4.69) is 38.3 Å². The van der Waals surface area contributed by atoms with Gasteiger partial charge < -0.3 is 20.1 Å². The Balaban J connectivity index is 1.51. The van der Waals surface area contributed by atoms with Gasteiger partial charge in [-0.2, -0.15) is 0 Å². The molecule has 6 rings (SSSR count). The number of benzene rings is 1. The summed E-state index contributed by atoms with van der Waals surface area (Å²) in [5.41, 5.74) is 3.21. The second-order valence-corrected chi connectivity index (χ2v) is 7.39. The van der Waals surface area contributed by atoms with E-state index < -0.39 is 0 Å². The van der Waals surface area contributed by atoms with Gasteiger partial charge in [0.1, 0.15) is 0 Å². The van der Waals surface area contributed by atoms with Crippen LogP contribution in [0.5, 0.6) is 0 Å². The molecule has 0 radical (unpaired) electrons. The summed E-state index contributed by atoms with van der Waals surface area (Å²) in [4.78, 5) is 15.7. The largest absolute Gasteiger partial charge is 0.348 e. The third kappa shape index (κ3) is 2.19. The Hall–Kier alpha value is -1.85. The lowest BCUT2D eigenvalue weighted by atomic mass is 9.84. The fourth-order valence-electron chi connectivity index (χ4n) is 4.82. The van der Waals surface area contributed by atoms with Crippen molar-refractivity contribution in [2.24, 2.45) is 5.92 Å². The molecule has 1 aromatic carbocycles. The highest BCUT2D eigenvalue weighted by Gasteiger charge is 2.36. The maximum Gasteiger partial charge on any atom is 0.254 e. The van der Waals surface area contributed by atoms with E-state index in [-0.39, 0.29) is 5.91 Å². The number of nitrogens with one attached hydrogen (secondary N) is 2. The van der Waals surface area contributed by atoms with Crippen LogP contribution in [0.3, 0.4) is 0 Å². The van der Waals surface area contributed by atoms with E-state index in [0.717, 1.165) is 42.8 Å². The SMILES string of the molecule is O=C(N[C@@H]1CN2CCC1CC2)c1c2n(c3ccccc13)CCNC2. The number of nitrogens with zero attached hydrogens (tertiary/aromatic N) is 2. The molecule has 5 heterocycles. The molecule has 0 saturated carbocycles. The fraction of sp³-hybridized carbons (Fsp3) is 0.526. The molecule has 1 aromatic heterocycles. The molecule has 2 aromatic rings. The Kier molecular flexibility index (Phi) is 3.38. The van der Waals surface area contributed by atoms with Crippen LogP contribution in [0.25, 0.3) is 10.9 Å². The molecule has 126 valence electrons. The van der Waals surface area contributed by atoms with Crippen LogP contribution in [0, 0.1) is 5.92 Å². The van der Waals surface area contributed by atoms with Crippen molar-refractivity contribution in [3.05, 3.63) is 35.5 Å². The summed E-state index contributed by atoms with van der Waals surface area (Å²) in [5.74, 6) is 0.768. The first-order chi connectivity index (χ1) is 11.8. The van der Waals surface area contributed by atoms with Gasteiger partial charge in [-0.3, -0.25) is 4.79 Å². The van der Waals surface area contributed by atoms with Gasteiger partial charge in [0, 0.05) is 48.8 Å². The molecular weight excluding hydrogens is 300 g/mol. The van der Waals surface area contributed by atoms with E-state index >= 15 is 0 Å². The van der Waals surface area contributed by atoms with E-state index in [1.165, 1.54) is 31.4 Å². The first-order valence-corrected chi connectivity index (χ1v) is 9.15. The highest BCUT2D eigenvalue weighted by atomic mass is 16.1. The second kappa shape index (κ2) is 5.60. The number of carbonyl (C=O) groups excluding carboxylic acids is 1. The van der Waals surface area contributed by atoms with Gasteiger partial charge in [0.15, 0.2) is 0 Å². The first kappa shape index (κ1) is 14.5. The molecule has 5 nitrogen and oxygen atoms in total. The van der Waals surface area contributed by atoms with Crippen molar-refractivity contribution in [3.63, 3.8) is 0 Å². The Morgan fingerprint density at radius 3 is 2.79 bits per heavy atom. The van der Waals surface area contributed by atoms with Gasteiger partial charge in [-0.25, -0.2) is 0 Å². The minimum Gasteiger partial charge on any atom is -0.348 e. The molecule has 0 aliphatic carbocycles. The number of amides is 1. The molecule has 2 bridgehead atoms. The predicted molar refractivity (Wildman–Crippen MR) is 94.1 cm³/mol. The maximum absolute atomic E-state index is 13.2. The monoisotopic (exact) mass is 324 g/mol. The van der Waals surface area contributed by atoms with Crippen LogP contribution in [0.4, 0.5) is 0 Å². The topological polar surface area (TPSA) is 49.3 Å². The first-order valence-electron chi connectivity index (χ1n) is 9.15. The summed E-state index contributed by atoms with van der Waals surface area (Å²) in [6.07, 6.45) is 2.45. The van der Waals surface area contributed by atoms with Gasteiger partial charge in [-0.05, 0) is 37.9 Å². The highest BCUT2D eigenvalue weighted by molar-refractivity contribution is 6.08. The third-order valence-corrected chi connectivity index (χ3v) is 6.08. The van der Waals surface area contributed by atoms with Crippen molar-refractivity contribution in [1.82, 2.24) is 20.1 Å². The molecule has 24 heavy (non-hydrogen) atoms. The number of aromatic nitrogens is 1. The van der Waals surface area contributed by atoms with Gasteiger partial charge in [0.2, 0.25) is 0 Å². The van der Waals surface area contributed by atoms with E-state index in [9.17, 15) is 4.79 Å². The van der Waals surface area contributed by atoms with Crippen molar-refractivity contribution in [2.75, 3.05) is 26.2 Å². The number of piperidine rings is 3. The van der Waals surface area contributed by atoms with E-state index in [1.807, 2.05) is 6.07 Å². The third-order valence-electron chi connectivity index (χ3n) is 6.08. The maximum atomic E-state index is 13.2. The zero-order chi connectivity index (χ0) is 16.1. The number of para-hydroxylation sites is 1. The lowest BCUT2D eigenvalue weighted by Gasteiger charge is -2.44. The quantitative estimate of drug-likeness (QED) is 0.882. The predicted octanol–water partition coefficient (Wildman–Crippen LogP) is 1.57. The Morgan fingerprint density at radius 2 is 2.00 bits per heavy atom. The van der Waals surface area contributed by atoms with Crippen molar-refractivity contribution >= 4 is 16.8 Å². The molecule has 0 spiro atoms. The normalized spacial score (nSPS) is 28.8. The van der Waals surface area contributed by atoms with Crippen molar-refractivity contribution < 1.29 is 4.79 Å². The molecule has 3 fully saturated rings. The standard InChI is InChI=1S/C19H24N4O/c24-19(21-15-12-22-8-5-13(15)6-9-22)18-14-3-1-2-4-16(14)23-10-7-20-11-17(18)23/h1-4,13,15,20H,5-12H2,(H,21,24)/t15-/m1/s1. The summed E-state index contributed by atoms with van der Waals surface area (Å²) in [6, 6.07) is 8.63. The summed E-state index contributed by atoms with van der Waals surface area (Å²) >= 11 is 0. The van der Waals surface area contributed by atoms with Gasteiger partial charge in [0.25, 0.3) is 5.91 Å². The minimum absolute atomic E-state index is 0.113. The average molecular weight is 324 g/mol. The van der Waals surface area contributed by atoms with Crippen LogP contribution in [0.15, 0.2) is 24.3 Å². The van der Waals surface area contributed by atoms with Crippen LogP contribution in [0.2, 0.25) is 0 Å². The lowest BCUT2D eigenvalue weighted by Crippen LogP contribution is -2.57. The van der Waals surface area contributed by atoms with Crippen molar-refractivity contribution in [3.8, 4) is 0 Å². The van der Waals surface area contributed by atoms with Gasteiger partial charge in [-0.15, -0.1) is 0 Å². The Labute approximate surface area is 142 Å². The number of hydrogen-bond acceptors (Lipinski definition) is 3. The van der Waals surface area contributed by atoms with Crippen molar-refractivity contribution in [1.29, 1.82) is 0 Å². The lowest BCUT2D eigenvalue weighted by molar-refractivity contribution is 0.0620. The van der Waals surface area contributed by atoms with Crippen LogP contribution in [0.1, 0.15) is 28.9 Å². The Morgan fingerprint density at radius 1 is 1.17 bits per heavy atom. The molecule has 1 atom stereocenters. The smallest absolute Gasteiger partial charge is 0.254 e. The van der Waals surface area contributed by atoms with E-state index in [1.54, 1.807) is 0 Å². The molecule has 0 unspecified atom stereocenters. The molecule has 3 saturated heterocycles. The molecule has 1 amide bonds. The minimum atomic E-state index is 0.113. The summed E-state index contributed by atoms with van der Waals surface area (Å²) in [7, 11) is 0. The van der Waals surface area contributed by atoms with E-state index in [0.29, 0.717) is 12.0 Å². The van der Waals surface area contributed by atoms with Crippen LogP contribution < -0.4 is 10.6 Å². The number of hydrogen-bond donors (Lipinski definition) is 2. The number of rotatable bonds is 2. The van der Waals surface area contributed by atoms with Crippen LogP contribution in [-0.2, 0) is 13.1 Å². The Bertz CT molecular complexity index is 788. The van der Waals surface area contributed by atoms with Gasteiger partial charge >= 0.3 is 0 Å². The van der Waals surface area contributed by atoms with E-state index in [4.69, 9.17) is 0 Å². The summed E-state index contributed by atoms with van der Waals surface area (Å²) in [6.45, 7) is 6.09. The zero-order valence-electron chi connectivity index (χ0n) is 13.9. The molecule has 5 heteroatoms. The number of fused-ring (bicyclic) bond motifs is 6. The van der Waals surface area contributed by atoms with Gasteiger partial charge in [0.05, 0.1) is 5.56 Å². The summed E-state index contributed by atoms with van der Waals surface area (Å²) < 4.78 is 2.32. The molecule has 2 N–H and O–H groups in total. The van der Waals surface area contributed by atoms with Crippen LogP contribution in [-0.4, -0.2) is 47.6 Å². The average Bonchev–Trinajstić information content (AvgIpc) is 2.97. The van der Waals surface area contributed by atoms with Crippen LogP contribution >= 0.6 is 0 Å². The molecule has 4 aliphatic rings. The molecular formula is C19H24N4O. The van der Waals surface area contributed by atoms with Gasteiger partial charge in [-0.1, -0.05) is 18.2 Å². The second-order valence-electron chi connectivity index (χ2n) is 7.39. The highest BCUT2D eigenvalue weighted by Crippen LogP contribution is 2.30. The van der Waals surface area contributed by atoms with Crippen molar-refractivity contribution in [2.45, 2.75) is 32.0 Å². The summed E-state index contributed by atoms with van der Waals surface area (Å²) in [5, 5.41) is 7.88. The number of carbonyl (C=O) groups is 1. The fourth-order valence-corrected chi connectivity index (χ4v) is 4.82. The molecule has 4 aliphatic heterocycles. The zero-order valence-corrected chi connectivity index (χ0v) is 13.9.